The van der Waals surface area contributed by atoms with E-state index in [4.69, 9.17) is 0 Å². The number of hydrogen-bond acceptors (Lipinski definition) is 6. The monoisotopic (exact) mass is 335 g/mol. The number of benzene rings is 1. The molecule has 0 saturated carbocycles. The zero-order chi connectivity index (χ0) is 17.0. The maximum Gasteiger partial charge on any atom is 0.276 e. The maximum atomic E-state index is 12.1. The SMILES string of the molecule is Cc1ccc(S(=O)(=O)N/N=C\c2c(CO)cnc(C)c2O)cc1. The molecule has 23 heavy (non-hydrogen) atoms. The fraction of sp³-hybridized carbons (Fsp3) is 0.200. The maximum absolute atomic E-state index is 12.1. The number of pyridine rings is 1. The third-order valence-electron chi connectivity index (χ3n) is 3.23. The first-order valence-corrected chi connectivity index (χ1v) is 8.23. The predicted molar refractivity (Wildman–Crippen MR) is 85.7 cm³/mol. The number of aromatic hydroxyl groups is 1. The highest BCUT2D eigenvalue weighted by Gasteiger charge is 2.13. The smallest absolute Gasteiger partial charge is 0.276 e. The van der Waals surface area contributed by atoms with Crippen LogP contribution in [0.3, 0.4) is 0 Å². The number of nitrogens with one attached hydrogen (secondary N) is 1. The van der Waals surface area contributed by atoms with E-state index in [0.717, 1.165) is 11.8 Å². The minimum Gasteiger partial charge on any atom is -0.505 e. The van der Waals surface area contributed by atoms with E-state index in [9.17, 15) is 18.6 Å². The Kier molecular flexibility index (Phi) is 4.97. The predicted octanol–water partition coefficient (Wildman–Crippen LogP) is 1.21. The van der Waals surface area contributed by atoms with Crippen LogP contribution < -0.4 is 4.83 Å². The van der Waals surface area contributed by atoms with Crippen molar-refractivity contribution in [1.82, 2.24) is 9.82 Å². The van der Waals surface area contributed by atoms with Crippen LogP contribution >= 0.6 is 0 Å². The summed E-state index contributed by atoms with van der Waals surface area (Å²) >= 11 is 0. The molecule has 1 heterocycles. The second-order valence-corrected chi connectivity index (χ2v) is 6.62. The summed E-state index contributed by atoms with van der Waals surface area (Å²) in [5.41, 5.74) is 1.85. The standard InChI is InChI=1S/C15H17N3O4S/c1-10-3-5-13(6-4-10)23(21,22)18-17-8-14-12(9-19)7-16-11(2)15(14)20/h3-8,18-20H,9H2,1-2H3/b17-8-. The third-order valence-corrected chi connectivity index (χ3v) is 4.46. The van der Waals surface area contributed by atoms with Crippen LogP contribution in [-0.2, 0) is 16.6 Å². The van der Waals surface area contributed by atoms with E-state index in [1.165, 1.54) is 18.3 Å². The summed E-state index contributed by atoms with van der Waals surface area (Å²) in [7, 11) is -3.80. The van der Waals surface area contributed by atoms with Crippen molar-refractivity contribution in [3.05, 3.63) is 52.8 Å². The molecular weight excluding hydrogens is 318 g/mol. The quantitative estimate of drug-likeness (QED) is 0.562. The second-order valence-electron chi connectivity index (χ2n) is 4.96. The third kappa shape index (κ3) is 3.85. The average molecular weight is 335 g/mol. The summed E-state index contributed by atoms with van der Waals surface area (Å²) in [6.45, 7) is 3.09. The first-order valence-electron chi connectivity index (χ1n) is 6.75. The number of aliphatic hydroxyl groups is 1. The van der Waals surface area contributed by atoms with Gasteiger partial charge in [0.05, 0.1) is 23.4 Å². The van der Waals surface area contributed by atoms with Gasteiger partial charge in [-0.25, -0.2) is 4.83 Å². The number of hydrazone groups is 1. The molecule has 0 aliphatic carbocycles. The summed E-state index contributed by atoms with van der Waals surface area (Å²) < 4.78 is 24.2. The zero-order valence-electron chi connectivity index (χ0n) is 12.7. The number of hydrogen-bond donors (Lipinski definition) is 3. The second kappa shape index (κ2) is 6.76. The van der Waals surface area contributed by atoms with E-state index < -0.39 is 10.0 Å². The first kappa shape index (κ1) is 16.9. The normalized spacial score (nSPS) is 11.8. The molecule has 1 aromatic heterocycles. The number of nitrogens with zero attached hydrogens (tertiary/aromatic N) is 2. The molecule has 8 heteroatoms. The van der Waals surface area contributed by atoms with Gasteiger partial charge in [-0.2, -0.15) is 13.5 Å². The Morgan fingerprint density at radius 2 is 1.91 bits per heavy atom. The van der Waals surface area contributed by atoms with Gasteiger partial charge in [0.1, 0.15) is 5.75 Å². The van der Waals surface area contributed by atoms with E-state index in [1.54, 1.807) is 19.1 Å². The Hall–Kier alpha value is -2.45. The lowest BCUT2D eigenvalue weighted by molar-refractivity contribution is 0.280. The molecule has 7 nitrogen and oxygen atoms in total. The largest absolute Gasteiger partial charge is 0.505 e. The molecule has 0 aliphatic heterocycles. The number of aryl methyl sites for hydroxylation is 2. The van der Waals surface area contributed by atoms with Gasteiger partial charge in [0.25, 0.3) is 10.0 Å². The van der Waals surface area contributed by atoms with Crippen LogP contribution in [0.4, 0.5) is 0 Å². The summed E-state index contributed by atoms with van der Waals surface area (Å²) in [4.78, 5) is 6.06. The van der Waals surface area contributed by atoms with Gasteiger partial charge >= 0.3 is 0 Å². The van der Waals surface area contributed by atoms with E-state index in [1.807, 2.05) is 6.92 Å². The lowest BCUT2D eigenvalue weighted by Crippen LogP contribution is -2.18. The van der Waals surface area contributed by atoms with E-state index in [2.05, 4.69) is 14.9 Å². The molecule has 0 spiro atoms. The van der Waals surface area contributed by atoms with Crippen molar-refractivity contribution in [2.75, 3.05) is 0 Å². The summed E-state index contributed by atoms with van der Waals surface area (Å²) in [5.74, 6) is -0.158. The molecular formula is C15H17N3O4S. The molecule has 122 valence electrons. The Bertz CT molecular complexity index is 831. The molecule has 0 fully saturated rings. The summed E-state index contributed by atoms with van der Waals surface area (Å²) in [5, 5.41) is 22.9. The van der Waals surface area contributed by atoms with Crippen LogP contribution in [0.2, 0.25) is 0 Å². The van der Waals surface area contributed by atoms with Crippen LogP contribution in [0.1, 0.15) is 22.4 Å². The Labute approximate surface area is 134 Å². The highest BCUT2D eigenvalue weighted by atomic mass is 32.2. The minimum atomic E-state index is -3.80. The Morgan fingerprint density at radius 3 is 2.52 bits per heavy atom. The molecule has 0 saturated heterocycles. The van der Waals surface area contributed by atoms with Gasteiger partial charge in [0, 0.05) is 17.3 Å². The van der Waals surface area contributed by atoms with Crippen LogP contribution in [0.5, 0.6) is 5.75 Å². The van der Waals surface area contributed by atoms with Gasteiger partial charge < -0.3 is 10.2 Å². The van der Waals surface area contributed by atoms with Crippen molar-refractivity contribution in [3.8, 4) is 5.75 Å². The average Bonchev–Trinajstić information content (AvgIpc) is 2.52. The number of aromatic nitrogens is 1. The van der Waals surface area contributed by atoms with Crippen molar-refractivity contribution in [1.29, 1.82) is 0 Å². The molecule has 0 amide bonds. The molecule has 1 aromatic carbocycles. The van der Waals surface area contributed by atoms with E-state index >= 15 is 0 Å². The van der Waals surface area contributed by atoms with E-state index in [0.29, 0.717) is 11.3 Å². The molecule has 2 aromatic rings. The molecule has 3 N–H and O–H groups in total. The number of sulfonamides is 1. The van der Waals surface area contributed by atoms with Crippen LogP contribution in [-0.4, -0.2) is 29.8 Å². The molecule has 0 atom stereocenters. The van der Waals surface area contributed by atoms with Gasteiger partial charge in [-0.1, -0.05) is 17.7 Å². The van der Waals surface area contributed by atoms with Gasteiger partial charge in [-0.05, 0) is 26.0 Å². The van der Waals surface area contributed by atoms with Gasteiger partial charge in [0.15, 0.2) is 0 Å². The first-order chi connectivity index (χ1) is 10.8. The molecule has 2 rings (SSSR count). The summed E-state index contributed by atoms with van der Waals surface area (Å²) in [6.07, 6.45) is 2.53. The highest BCUT2D eigenvalue weighted by molar-refractivity contribution is 7.89. The summed E-state index contributed by atoms with van der Waals surface area (Å²) in [6, 6.07) is 6.31. The minimum absolute atomic E-state index is 0.0813. The van der Waals surface area contributed by atoms with E-state index in [-0.39, 0.29) is 22.8 Å². The zero-order valence-corrected chi connectivity index (χ0v) is 13.5. The van der Waals surface area contributed by atoms with Crippen molar-refractivity contribution in [3.63, 3.8) is 0 Å². The molecule has 0 unspecified atom stereocenters. The fourth-order valence-corrected chi connectivity index (χ4v) is 2.64. The van der Waals surface area contributed by atoms with Gasteiger partial charge in [-0.3, -0.25) is 4.98 Å². The topological polar surface area (TPSA) is 112 Å². The van der Waals surface area contributed by atoms with Crippen molar-refractivity contribution in [2.24, 2.45) is 5.10 Å². The molecule has 0 aliphatic rings. The van der Waals surface area contributed by atoms with Crippen molar-refractivity contribution >= 4 is 16.2 Å². The number of rotatable bonds is 5. The van der Waals surface area contributed by atoms with Crippen molar-refractivity contribution in [2.45, 2.75) is 25.3 Å². The molecule has 0 bridgehead atoms. The Balaban J connectivity index is 2.25. The van der Waals surface area contributed by atoms with Gasteiger partial charge in [-0.15, -0.1) is 0 Å². The van der Waals surface area contributed by atoms with Crippen LogP contribution in [0.25, 0.3) is 0 Å². The van der Waals surface area contributed by atoms with Crippen molar-refractivity contribution < 1.29 is 18.6 Å². The highest BCUT2D eigenvalue weighted by Crippen LogP contribution is 2.21. The van der Waals surface area contributed by atoms with Crippen LogP contribution in [0, 0.1) is 13.8 Å². The lowest BCUT2D eigenvalue weighted by atomic mass is 10.1. The number of aliphatic hydroxyl groups excluding tert-OH is 1. The van der Waals surface area contributed by atoms with Crippen LogP contribution in [0.15, 0.2) is 40.5 Å². The fourth-order valence-electron chi connectivity index (χ4n) is 1.85. The Morgan fingerprint density at radius 1 is 1.26 bits per heavy atom. The molecule has 0 radical (unpaired) electrons. The van der Waals surface area contributed by atoms with Gasteiger partial charge in [0.2, 0.25) is 0 Å². The lowest BCUT2D eigenvalue weighted by Gasteiger charge is -2.07.